The second-order valence-electron chi connectivity index (χ2n) is 6.48. The molecule has 1 heterocycles. The van der Waals surface area contributed by atoms with E-state index in [9.17, 15) is 12.8 Å². The Labute approximate surface area is 154 Å². The van der Waals surface area contributed by atoms with Gasteiger partial charge in [0.2, 0.25) is 0 Å². The van der Waals surface area contributed by atoms with Gasteiger partial charge in [-0.1, -0.05) is 30.4 Å². The summed E-state index contributed by atoms with van der Waals surface area (Å²) in [5.74, 6) is -0.562. The van der Waals surface area contributed by atoms with Gasteiger partial charge in [0.25, 0.3) is 0 Å². The van der Waals surface area contributed by atoms with E-state index in [-0.39, 0.29) is 12.2 Å². The van der Waals surface area contributed by atoms with Gasteiger partial charge >= 0.3 is 10.2 Å². The highest BCUT2D eigenvalue weighted by Gasteiger charge is 2.41. The molecule has 0 bridgehead atoms. The standard InChI is InChI=1S/C19H22FN3O2S/c1-15-10-11-17(16(20)14-15)23-19-9-5-4-8-18(19)22(26(23,24)25)13-7-6-12-21(2)3/h4-11,14H,12-13H2,1-3H3. The maximum Gasteiger partial charge on any atom is 0.331 e. The zero-order valence-electron chi connectivity index (χ0n) is 15.1. The molecule has 0 saturated carbocycles. The van der Waals surface area contributed by atoms with Crippen LogP contribution in [0.5, 0.6) is 0 Å². The number of likely N-dealkylation sites (N-methyl/N-ethyl adjacent to an activating group) is 1. The molecular formula is C19H22FN3O2S. The first-order valence-corrected chi connectivity index (χ1v) is 9.70. The molecule has 0 radical (unpaired) electrons. The van der Waals surface area contributed by atoms with E-state index in [2.05, 4.69) is 0 Å². The van der Waals surface area contributed by atoms with Crippen molar-refractivity contribution in [2.45, 2.75) is 6.92 Å². The fourth-order valence-corrected chi connectivity index (χ4v) is 4.55. The maximum absolute atomic E-state index is 14.5. The molecule has 0 N–H and O–H groups in total. The van der Waals surface area contributed by atoms with Crippen LogP contribution in [-0.4, -0.2) is 40.5 Å². The molecule has 0 aliphatic carbocycles. The fourth-order valence-electron chi connectivity index (χ4n) is 2.87. The Morgan fingerprint density at radius 3 is 2.38 bits per heavy atom. The molecule has 2 aromatic rings. The molecule has 0 amide bonds. The van der Waals surface area contributed by atoms with Crippen LogP contribution in [-0.2, 0) is 10.2 Å². The van der Waals surface area contributed by atoms with Crippen LogP contribution in [0.2, 0.25) is 0 Å². The van der Waals surface area contributed by atoms with Crippen molar-refractivity contribution in [3.63, 3.8) is 0 Å². The van der Waals surface area contributed by atoms with E-state index >= 15 is 0 Å². The Balaban J connectivity index is 2.03. The summed E-state index contributed by atoms with van der Waals surface area (Å²) >= 11 is 0. The summed E-state index contributed by atoms with van der Waals surface area (Å²) in [6.07, 6.45) is 3.72. The SMILES string of the molecule is Cc1ccc(N2c3ccccc3N(CC=CCN(C)C)S2(=O)=O)c(F)c1. The van der Waals surface area contributed by atoms with E-state index in [0.29, 0.717) is 17.9 Å². The highest BCUT2D eigenvalue weighted by Crippen LogP contribution is 2.45. The molecular weight excluding hydrogens is 353 g/mol. The molecule has 3 rings (SSSR count). The minimum Gasteiger partial charge on any atom is -0.306 e. The van der Waals surface area contributed by atoms with Crippen LogP contribution < -0.4 is 8.61 Å². The number of anilines is 3. The van der Waals surface area contributed by atoms with Crippen molar-refractivity contribution in [2.24, 2.45) is 0 Å². The summed E-state index contributed by atoms with van der Waals surface area (Å²) in [6.45, 7) is 2.67. The molecule has 5 nitrogen and oxygen atoms in total. The van der Waals surface area contributed by atoms with Crippen molar-refractivity contribution >= 4 is 27.3 Å². The van der Waals surface area contributed by atoms with Crippen LogP contribution in [0.1, 0.15) is 5.56 Å². The first-order chi connectivity index (χ1) is 12.3. The number of benzene rings is 2. The third kappa shape index (κ3) is 3.32. The van der Waals surface area contributed by atoms with E-state index in [1.54, 1.807) is 37.3 Å². The Bertz CT molecular complexity index is 942. The minimum absolute atomic E-state index is 0.0304. The van der Waals surface area contributed by atoms with Crippen molar-refractivity contribution in [1.29, 1.82) is 0 Å². The first kappa shape index (κ1) is 18.4. The number of hydrogen-bond donors (Lipinski definition) is 0. The quantitative estimate of drug-likeness (QED) is 0.752. The van der Waals surface area contributed by atoms with E-state index in [1.165, 1.54) is 16.4 Å². The molecule has 138 valence electrons. The average Bonchev–Trinajstić information content (AvgIpc) is 2.79. The predicted octanol–water partition coefficient (Wildman–Crippen LogP) is 3.45. The van der Waals surface area contributed by atoms with Gasteiger partial charge in [0.15, 0.2) is 0 Å². The highest BCUT2D eigenvalue weighted by atomic mass is 32.2. The number of rotatable bonds is 5. The molecule has 7 heteroatoms. The van der Waals surface area contributed by atoms with Crippen LogP contribution in [0.4, 0.5) is 21.5 Å². The zero-order valence-corrected chi connectivity index (χ0v) is 15.9. The Morgan fingerprint density at radius 2 is 1.73 bits per heavy atom. The smallest absolute Gasteiger partial charge is 0.306 e. The molecule has 1 aliphatic heterocycles. The van der Waals surface area contributed by atoms with Gasteiger partial charge < -0.3 is 4.90 Å². The van der Waals surface area contributed by atoms with Crippen molar-refractivity contribution in [3.05, 3.63) is 66.0 Å². The summed E-state index contributed by atoms with van der Waals surface area (Å²) in [5, 5.41) is 0. The lowest BCUT2D eigenvalue weighted by atomic mass is 10.2. The maximum atomic E-state index is 14.5. The molecule has 1 aliphatic rings. The summed E-state index contributed by atoms with van der Waals surface area (Å²) in [4.78, 5) is 1.98. The lowest BCUT2D eigenvalue weighted by Gasteiger charge is -2.21. The highest BCUT2D eigenvalue weighted by molar-refractivity contribution is 7.95. The molecule has 0 unspecified atom stereocenters. The van der Waals surface area contributed by atoms with Crippen LogP contribution in [0.25, 0.3) is 0 Å². The number of aryl methyl sites for hydroxylation is 1. The van der Waals surface area contributed by atoms with E-state index in [0.717, 1.165) is 9.87 Å². The molecule has 2 aromatic carbocycles. The van der Waals surface area contributed by atoms with Gasteiger partial charge in [0, 0.05) is 6.54 Å². The van der Waals surface area contributed by atoms with Crippen LogP contribution in [0.3, 0.4) is 0 Å². The second kappa shape index (κ2) is 7.09. The number of para-hydroxylation sites is 2. The zero-order chi connectivity index (χ0) is 18.9. The Kier molecular flexibility index (Phi) is 5.02. The third-order valence-electron chi connectivity index (χ3n) is 4.11. The largest absolute Gasteiger partial charge is 0.331 e. The van der Waals surface area contributed by atoms with Crippen molar-refractivity contribution < 1.29 is 12.8 Å². The average molecular weight is 375 g/mol. The number of hydrogen-bond acceptors (Lipinski definition) is 3. The minimum atomic E-state index is -3.91. The van der Waals surface area contributed by atoms with Gasteiger partial charge in [-0.25, -0.2) is 13.0 Å². The molecule has 0 atom stereocenters. The van der Waals surface area contributed by atoms with Gasteiger partial charge in [-0.2, -0.15) is 8.42 Å². The van der Waals surface area contributed by atoms with Crippen molar-refractivity contribution in [2.75, 3.05) is 35.8 Å². The number of fused-ring (bicyclic) bond motifs is 1. The van der Waals surface area contributed by atoms with Crippen molar-refractivity contribution in [1.82, 2.24) is 4.90 Å². The summed E-state index contributed by atoms with van der Waals surface area (Å²) in [6, 6.07) is 11.5. The first-order valence-electron chi connectivity index (χ1n) is 8.30. The molecule has 0 spiro atoms. The Morgan fingerprint density at radius 1 is 1.04 bits per heavy atom. The Hall–Kier alpha value is -2.38. The van der Waals surface area contributed by atoms with E-state index < -0.39 is 16.0 Å². The number of halogens is 1. The lowest BCUT2D eigenvalue weighted by molar-refractivity contribution is 0.456. The third-order valence-corrected chi connectivity index (χ3v) is 5.87. The summed E-state index contributed by atoms with van der Waals surface area (Å²) in [5.41, 5.74) is 1.76. The van der Waals surface area contributed by atoms with E-state index in [4.69, 9.17) is 0 Å². The van der Waals surface area contributed by atoms with Crippen LogP contribution >= 0.6 is 0 Å². The van der Waals surface area contributed by atoms with Crippen LogP contribution in [0, 0.1) is 12.7 Å². The van der Waals surface area contributed by atoms with Crippen LogP contribution in [0.15, 0.2) is 54.6 Å². The van der Waals surface area contributed by atoms with Gasteiger partial charge in [-0.3, -0.25) is 0 Å². The molecule has 26 heavy (non-hydrogen) atoms. The summed E-state index contributed by atoms with van der Waals surface area (Å²) < 4.78 is 43.2. The van der Waals surface area contributed by atoms with Gasteiger partial charge in [-0.15, -0.1) is 0 Å². The monoisotopic (exact) mass is 375 g/mol. The molecule has 0 saturated heterocycles. The number of nitrogens with zero attached hydrogens (tertiary/aromatic N) is 3. The topological polar surface area (TPSA) is 43.9 Å². The van der Waals surface area contributed by atoms with Gasteiger partial charge in [-0.05, 0) is 50.8 Å². The predicted molar refractivity (Wildman–Crippen MR) is 104 cm³/mol. The van der Waals surface area contributed by atoms with E-state index in [1.807, 2.05) is 31.1 Å². The van der Waals surface area contributed by atoms with Gasteiger partial charge in [0.1, 0.15) is 5.82 Å². The summed E-state index contributed by atoms with van der Waals surface area (Å²) in [7, 11) is -0.0370. The van der Waals surface area contributed by atoms with Gasteiger partial charge in [0.05, 0.1) is 23.6 Å². The molecule has 0 fully saturated rings. The lowest BCUT2D eigenvalue weighted by Crippen LogP contribution is -2.35. The fraction of sp³-hybridized carbons (Fsp3) is 0.263. The van der Waals surface area contributed by atoms with Crippen molar-refractivity contribution in [3.8, 4) is 0 Å². The second-order valence-corrected chi connectivity index (χ2v) is 8.18. The normalized spacial score (nSPS) is 15.9. The molecule has 0 aromatic heterocycles.